The highest BCUT2D eigenvalue weighted by atomic mass is 35.5. The second-order valence-corrected chi connectivity index (χ2v) is 5.79. The molecular weight excluding hydrogens is 303 g/mol. The Balaban J connectivity index is 1.93. The summed E-state index contributed by atoms with van der Waals surface area (Å²) in [4.78, 5) is 4.09. The molecule has 0 unspecified atom stereocenters. The third-order valence-corrected chi connectivity index (χ3v) is 4.23. The summed E-state index contributed by atoms with van der Waals surface area (Å²) in [6, 6.07) is 4.18. The Morgan fingerprint density at radius 3 is 2.29 bits per heavy atom. The molecule has 1 aliphatic carbocycles. The number of nitrogens with one attached hydrogen (secondary N) is 2. The van der Waals surface area contributed by atoms with Gasteiger partial charge in [-0.2, -0.15) is 13.2 Å². The first-order chi connectivity index (χ1) is 9.95. The van der Waals surface area contributed by atoms with Crippen molar-refractivity contribution in [2.75, 3.05) is 0 Å². The van der Waals surface area contributed by atoms with E-state index in [0.717, 1.165) is 31.7 Å². The Hall–Kier alpha value is -1.43. The molecule has 2 atom stereocenters. The van der Waals surface area contributed by atoms with Crippen molar-refractivity contribution in [3.05, 3.63) is 28.8 Å². The van der Waals surface area contributed by atoms with Crippen molar-refractivity contribution in [1.29, 1.82) is 0 Å². The van der Waals surface area contributed by atoms with Gasteiger partial charge in [-0.25, -0.2) is 4.99 Å². The molecule has 1 aromatic rings. The summed E-state index contributed by atoms with van der Waals surface area (Å²) >= 11 is 5.90. The lowest BCUT2D eigenvalue weighted by molar-refractivity contribution is -0.137. The molecule has 1 aliphatic heterocycles. The molecule has 7 heteroatoms. The third-order valence-electron chi connectivity index (χ3n) is 3.93. The van der Waals surface area contributed by atoms with E-state index in [1.54, 1.807) is 0 Å². The molecule has 0 spiro atoms. The summed E-state index contributed by atoms with van der Waals surface area (Å²) < 4.78 is 39.1. The van der Waals surface area contributed by atoms with Gasteiger partial charge in [0.25, 0.3) is 0 Å². The average Bonchev–Trinajstić information content (AvgIpc) is 2.82. The number of hydrogen-bond acceptors (Lipinski definition) is 1. The Bertz CT molecular complexity index is 555. The van der Waals surface area contributed by atoms with Gasteiger partial charge in [0, 0.05) is 12.1 Å². The zero-order valence-corrected chi connectivity index (χ0v) is 11.9. The highest BCUT2D eigenvalue weighted by Gasteiger charge is 2.36. The van der Waals surface area contributed by atoms with Gasteiger partial charge in [0.15, 0.2) is 5.96 Å². The fourth-order valence-electron chi connectivity index (χ4n) is 2.90. The van der Waals surface area contributed by atoms with Crippen LogP contribution in [0.4, 0.5) is 18.9 Å². The molecule has 0 amide bonds. The number of halogens is 4. The highest BCUT2D eigenvalue weighted by Crippen LogP contribution is 2.40. The van der Waals surface area contributed by atoms with E-state index in [1.165, 1.54) is 12.1 Å². The number of benzene rings is 1. The normalized spacial score (nSPS) is 25.0. The number of nitrogens with zero attached hydrogens (tertiary/aromatic N) is 1. The molecule has 2 N–H and O–H groups in total. The lowest BCUT2D eigenvalue weighted by Crippen LogP contribution is -2.36. The van der Waals surface area contributed by atoms with Crippen molar-refractivity contribution in [3.8, 4) is 0 Å². The van der Waals surface area contributed by atoms with E-state index >= 15 is 0 Å². The summed E-state index contributed by atoms with van der Waals surface area (Å²) in [7, 11) is 0. The van der Waals surface area contributed by atoms with Gasteiger partial charge in [-0.15, -0.1) is 0 Å². The summed E-state index contributed by atoms with van der Waals surface area (Å²) in [5, 5.41) is 6.32. The van der Waals surface area contributed by atoms with Gasteiger partial charge in [0.1, 0.15) is 0 Å². The lowest BCUT2D eigenvalue weighted by atomic mass is 9.92. The Morgan fingerprint density at radius 2 is 1.71 bits per heavy atom. The van der Waals surface area contributed by atoms with Crippen LogP contribution in [-0.2, 0) is 6.18 Å². The molecule has 1 heterocycles. The summed E-state index contributed by atoms with van der Waals surface area (Å²) in [6.07, 6.45) is -0.210. The number of fused-ring (bicyclic) bond motifs is 1. The van der Waals surface area contributed by atoms with Crippen LogP contribution in [0, 0.1) is 0 Å². The van der Waals surface area contributed by atoms with Gasteiger partial charge < -0.3 is 10.6 Å². The monoisotopic (exact) mass is 317 g/mol. The quantitative estimate of drug-likeness (QED) is 0.825. The third kappa shape index (κ3) is 2.95. The van der Waals surface area contributed by atoms with E-state index in [2.05, 4.69) is 15.6 Å². The Morgan fingerprint density at radius 1 is 1.10 bits per heavy atom. The number of alkyl halides is 3. The number of para-hydroxylation sites is 1. The van der Waals surface area contributed by atoms with Crippen molar-refractivity contribution in [2.24, 2.45) is 4.99 Å². The second-order valence-electron chi connectivity index (χ2n) is 5.38. The van der Waals surface area contributed by atoms with Crippen molar-refractivity contribution in [2.45, 2.75) is 43.9 Å². The smallest absolute Gasteiger partial charge is 0.351 e. The van der Waals surface area contributed by atoms with Crippen LogP contribution in [0.5, 0.6) is 0 Å². The molecule has 0 aromatic heterocycles. The molecule has 0 bridgehead atoms. The first-order valence-electron chi connectivity index (χ1n) is 6.92. The predicted octanol–water partition coefficient (Wildman–Crippen LogP) is 3.85. The van der Waals surface area contributed by atoms with E-state index in [4.69, 9.17) is 11.6 Å². The average molecular weight is 318 g/mol. The maximum atomic E-state index is 13.0. The standard InChI is InChI=1S/C14H15ClF3N3/c15-9-5-3-4-8(14(16,17)18)12(9)21-13-19-10-6-1-2-7-11(10)20-13/h3-5,10-11H,1-2,6-7H2,(H2,19,20,21)/t10-,11-/m0/s1. The molecule has 21 heavy (non-hydrogen) atoms. The van der Waals surface area contributed by atoms with Crippen LogP contribution in [0.1, 0.15) is 31.2 Å². The van der Waals surface area contributed by atoms with Crippen LogP contribution in [0.25, 0.3) is 0 Å². The fraction of sp³-hybridized carbons (Fsp3) is 0.500. The number of guanidine groups is 1. The van der Waals surface area contributed by atoms with Crippen LogP contribution < -0.4 is 10.6 Å². The number of hydrogen-bond donors (Lipinski definition) is 2. The van der Waals surface area contributed by atoms with Gasteiger partial charge in [-0.1, -0.05) is 30.5 Å². The molecule has 3 nitrogen and oxygen atoms in total. The summed E-state index contributed by atoms with van der Waals surface area (Å²) in [5.74, 6) is 0.380. The van der Waals surface area contributed by atoms with Crippen LogP contribution >= 0.6 is 11.6 Å². The molecule has 114 valence electrons. The molecule has 1 aromatic carbocycles. The minimum Gasteiger partial charge on any atom is -0.351 e. The van der Waals surface area contributed by atoms with Gasteiger partial charge in [0.2, 0.25) is 0 Å². The Kier molecular flexibility index (Phi) is 3.73. The SMILES string of the molecule is FC(F)(F)c1cccc(Cl)c1N=C1N[C@H]2CCCC[C@@H]2N1. The van der Waals surface area contributed by atoms with E-state index in [0.29, 0.717) is 5.96 Å². The van der Waals surface area contributed by atoms with Crippen LogP contribution in [0.2, 0.25) is 5.02 Å². The Labute approximate surface area is 125 Å². The largest absolute Gasteiger partial charge is 0.418 e. The molecule has 0 radical (unpaired) electrons. The zero-order valence-electron chi connectivity index (χ0n) is 11.2. The maximum Gasteiger partial charge on any atom is 0.418 e. The fourth-order valence-corrected chi connectivity index (χ4v) is 3.12. The van der Waals surface area contributed by atoms with Crippen molar-refractivity contribution < 1.29 is 13.2 Å². The van der Waals surface area contributed by atoms with Gasteiger partial charge in [0.05, 0.1) is 16.3 Å². The molecule has 1 saturated carbocycles. The first-order valence-corrected chi connectivity index (χ1v) is 7.30. The molecule has 2 fully saturated rings. The van der Waals surface area contributed by atoms with Gasteiger partial charge >= 0.3 is 6.18 Å². The van der Waals surface area contributed by atoms with Gasteiger partial charge in [-0.3, -0.25) is 0 Å². The lowest BCUT2D eigenvalue weighted by Gasteiger charge is -2.23. The van der Waals surface area contributed by atoms with E-state index in [9.17, 15) is 13.2 Å². The highest BCUT2D eigenvalue weighted by molar-refractivity contribution is 6.33. The van der Waals surface area contributed by atoms with Crippen LogP contribution in [-0.4, -0.2) is 18.0 Å². The molecular formula is C14H15ClF3N3. The summed E-state index contributed by atoms with van der Waals surface area (Å²) in [6.45, 7) is 0. The van der Waals surface area contributed by atoms with Crippen LogP contribution in [0.15, 0.2) is 23.2 Å². The topological polar surface area (TPSA) is 36.4 Å². The zero-order chi connectivity index (χ0) is 15.0. The minimum absolute atomic E-state index is 0.00389. The van der Waals surface area contributed by atoms with E-state index in [-0.39, 0.29) is 22.8 Å². The second kappa shape index (κ2) is 5.40. The number of rotatable bonds is 1. The minimum atomic E-state index is -4.48. The predicted molar refractivity (Wildman–Crippen MR) is 75.9 cm³/mol. The van der Waals surface area contributed by atoms with E-state index < -0.39 is 11.7 Å². The van der Waals surface area contributed by atoms with Crippen molar-refractivity contribution >= 4 is 23.2 Å². The van der Waals surface area contributed by atoms with Crippen molar-refractivity contribution in [1.82, 2.24) is 10.6 Å². The number of aliphatic imine (C=N–C) groups is 1. The first kappa shape index (κ1) is 14.5. The van der Waals surface area contributed by atoms with Crippen molar-refractivity contribution in [3.63, 3.8) is 0 Å². The summed E-state index contributed by atoms with van der Waals surface area (Å²) in [5.41, 5.74) is -1.05. The van der Waals surface area contributed by atoms with Gasteiger partial charge in [-0.05, 0) is 25.0 Å². The van der Waals surface area contributed by atoms with E-state index in [1.807, 2.05) is 0 Å². The molecule has 2 aliphatic rings. The molecule has 3 rings (SSSR count). The van der Waals surface area contributed by atoms with Crippen LogP contribution in [0.3, 0.4) is 0 Å². The maximum absolute atomic E-state index is 13.0. The molecule has 1 saturated heterocycles.